The molecule has 0 aromatic carbocycles. The Bertz CT molecular complexity index is 1340. The van der Waals surface area contributed by atoms with Crippen LogP contribution in [0.4, 0.5) is 17.3 Å². The zero-order chi connectivity index (χ0) is 27.0. The number of methoxy groups -OCH3 is 1. The maximum absolute atomic E-state index is 12.8. The molecule has 0 spiro atoms. The van der Waals surface area contributed by atoms with Crippen molar-refractivity contribution in [1.29, 1.82) is 0 Å². The molecule has 2 N–H and O–H groups in total. The molecule has 0 aliphatic heterocycles. The summed E-state index contributed by atoms with van der Waals surface area (Å²) in [5, 5.41) is 9.64. The van der Waals surface area contributed by atoms with E-state index in [1.807, 2.05) is 0 Å². The second kappa shape index (κ2) is 9.54. The molecular weight excluding hydrogens is 410 g/mol. The van der Waals surface area contributed by atoms with E-state index in [4.69, 9.17) is 13.0 Å². The largest absolute Gasteiger partial charge is 0.492 e. The number of amides is 1. The second-order valence-corrected chi connectivity index (χ2v) is 6.86. The van der Waals surface area contributed by atoms with Crippen molar-refractivity contribution in [2.24, 2.45) is 12.9 Å². The van der Waals surface area contributed by atoms with Gasteiger partial charge in [-0.25, -0.2) is 15.0 Å². The van der Waals surface area contributed by atoms with Gasteiger partial charge >= 0.3 is 0 Å². The zero-order valence-corrected chi connectivity index (χ0v) is 16.5. The molecule has 10 nitrogen and oxygen atoms in total. The van der Waals surface area contributed by atoms with Gasteiger partial charge in [-0.05, 0) is 18.9 Å². The molecule has 3 aromatic rings. The number of carbonyl (C=O) groups excluding carboxylic acids is 2. The standard InChI is InChI=1S/C21H23N7O3.CH4/c1-4-16(29)14-10-23-17(26-21(30)12-5-6-12)9-15(14)25-20-18(31-3)13(7-8-22-20)19-24-11-28(2)27-19;/h7-12H,4-6H2,1-3H3,(H2,22,23,25,26,30);1H4/i1D3,2D3;. The monoisotopic (exact) mass is 443 g/mol. The predicted molar refractivity (Wildman–Crippen MR) is 121 cm³/mol. The van der Waals surface area contributed by atoms with Crippen molar-refractivity contribution < 1.29 is 22.6 Å². The van der Waals surface area contributed by atoms with Gasteiger partial charge in [0.15, 0.2) is 23.2 Å². The van der Waals surface area contributed by atoms with Crippen LogP contribution in [0.5, 0.6) is 5.75 Å². The highest BCUT2D eigenvalue weighted by atomic mass is 16.5. The Morgan fingerprint density at radius 1 is 1.31 bits per heavy atom. The molecule has 1 amide bonds. The maximum Gasteiger partial charge on any atom is 0.228 e. The van der Waals surface area contributed by atoms with Crippen LogP contribution in [0, 0.1) is 5.92 Å². The van der Waals surface area contributed by atoms with Gasteiger partial charge in [0.2, 0.25) is 5.91 Å². The van der Waals surface area contributed by atoms with Crippen molar-refractivity contribution in [2.45, 2.75) is 33.5 Å². The van der Waals surface area contributed by atoms with Crippen LogP contribution in [0.3, 0.4) is 0 Å². The van der Waals surface area contributed by atoms with Gasteiger partial charge in [-0.3, -0.25) is 14.3 Å². The highest BCUT2D eigenvalue weighted by molar-refractivity contribution is 6.02. The number of nitrogens with zero attached hydrogens (tertiary/aromatic N) is 5. The van der Waals surface area contributed by atoms with Crippen LogP contribution in [-0.4, -0.2) is 43.5 Å². The van der Waals surface area contributed by atoms with Crippen LogP contribution in [0.1, 0.15) is 52.1 Å². The summed E-state index contributed by atoms with van der Waals surface area (Å²) >= 11 is 0. The van der Waals surface area contributed by atoms with E-state index in [0.29, 0.717) is 5.56 Å². The molecule has 168 valence electrons. The SMILES string of the molecule is C.[2H]C([2H])([2H])CC(=O)c1cnc(NC(=O)C2CC2)cc1Nc1nccc(-c2ncn(C([2H])([2H])[2H])n2)c1OC. The van der Waals surface area contributed by atoms with E-state index in [9.17, 15) is 9.59 Å². The lowest BCUT2D eigenvalue weighted by atomic mass is 10.1. The van der Waals surface area contributed by atoms with E-state index in [2.05, 4.69) is 30.7 Å². The molecule has 10 heteroatoms. The summed E-state index contributed by atoms with van der Waals surface area (Å²) < 4.78 is 51.1. The molecule has 1 aliphatic carbocycles. The number of nitrogens with one attached hydrogen (secondary N) is 2. The number of carbonyl (C=O) groups is 2. The third-order valence-electron chi connectivity index (χ3n) is 4.66. The molecule has 32 heavy (non-hydrogen) atoms. The summed E-state index contributed by atoms with van der Waals surface area (Å²) in [6, 6.07) is 2.93. The first-order valence-corrected chi connectivity index (χ1v) is 9.42. The van der Waals surface area contributed by atoms with E-state index in [1.54, 1.807) is 0 Å². The Kier molecular flexibility index (Phi) is 4.74. The van der Waals surface area contributed by atoms with Gasteiger partial charge in [-0.15, -0.1) is 0 Å². The van der Waals surface area contributed by atoms with Gasteiger partial charge in [0, 0.05) is 46.0 Å². The van der Waals surface area contributed by atoms with Crippen molar-refractivity contribution in [2.75, 3.05) is 17.7 Å². The normalized spacial score (nSPS) is 16.2. The first kappa shape index (κ1) is 15.9. The van der Waals surface area contributed by atoms with Crippen molar-refractivity contribution >= 4 is 29.0 Å². The minimum Gasteiger partial charge on any atom is -0.492 e. The first-order chi connectivity index (χ1) is 17.4. The number of hydrogen-bond donors (Lipinski definition) is 2. The molecule has 0 saturated heterocycles. The number of anilines is 3. The fraction of sp³-hybridized carbons (Fsp3) is 0.364. The van der Waals surface area contributed by atoms with Crippen LogP contribution >= 0.6 is 0 Å². The maximum atomic E-state index is 12.8. The van der Waals surface area contributed by atoms with E-state index in [-0.39, 0.29) is 53.7 Å². The molecule has 0 atom stereocenters. The minimum atomic E-state index is -2.52. The lowest BCUT2D eigenvalue weighted by molar-refractivity contribution is -0.117. The topological polar surface area (TPSA) is 124 Å². The van der Waals surface area contributed by atoms with Gasteiger partial charge in [0.05, 0.1) is 23.9 Å². The molecule has 3 aromatic heterocycles. The molecule has 4 rings (SSSR count). The third kappa shape index (κ3) is 4.74. The van der Waals surface area contributed by atoms with Gasteiger partial charge in [0.1, 0.15) is 12.1 Å². The van der Waals surface area contributed by atoms with Gasteiger partial charge < -0.3 is 15.4 Å². The van der Waals surface area contributed by atoms with Crippen LogP contribution in [-0.2, 0) is 11.8 Å². The third-order valence-corrected chi connectivity index (χ3v) is 4.66. The number of rotatable bonds is 8. The van der Waals surface area contributed by atoms with Crippen LogP contribution in [0.25, 0.3) is 11.4 Å². The fourth-order valence-electron chi connectivity index (χ4n) is 2.95. The fourth-order valence-corrected chi connectivity index (χ4v) is 2.95. The van der Waals surface area contributed by atoms with E-state index >= 15 is 0 Å². The Morgan fingerprint density at radius 2 is 2.16 bits per heavy atom. The number of hydrogen-bond acceptors (Lipinski definition) is 8. The van der Waals surface area contributed by atoms with Gasteiger partial charge in [0.25, 0.3) is 0 Å². The summed E-state index contributed by atoms with van der Waals surface area (Å²) in [5.41, 5.74) is 0.425. The summed E-state index contributed by atoms with van der Waals surface area (Å²) in [6.07, 6.45) is 4.50. The summed E-state index contributed by atoms with van der Waals surface area (Å²) in [4.78, 5) is 37.4. The number of pyridine rings is 2. The smallest absolute Gasteiger partial charge is 0.228 e. The molecular formula is C22H27N7O3. The van der Waals surface area contributed by atoms with Crippen LogP contribution in [0.15, 0.2) is 30.9 Å². The Hall–Kier alpha value is -3.82. The van der Waals surface area contributed by atoms with Crippen molar-refractivity contribution in [1.82, 2.24) is 24.7 Å². The Labute approximate surface area is 194 Å². The van der Waals surface area contributed by atoms with Crippen molar-refractivity contribution in [3.63, 3.8) is 0 Å². The molecule has 0 unspecified atom stereocenters. The number of ketones is 1. The van der Waals surface area contributed by atoms with E-state index in [1.165, 1.54) is 31.6 Å². The quantitative estimate of drug-likeness (QED) is 0.506. The predicted octanol–water partition coefficient (Wildman–Crippen LogP) is 3.60. The lowest BCUT2D eigenvalue weighted by Crippen LogP contribution is -2.15. The molecule has 1 saturated carbocycles. The summed E-state index contributed by atoms with van der Waals surface area (Å²) in [6.45, 7) is -5.03. The van der Waals surface area contributed by atoms with E-state index < -0.39 is 26.0 Å². The summed E-state index contributed by atoms with van der Waals surface area (Å²) in [7, 11) is 1.36. The lowest BCUT2D eigenvalue weighted by Gasteiger charge is -2.15. The zero-order valence-electron chi connectivity index (χ0n) is 22.5. The molecule has 0 radical (unpaired) electrons. The molecule has 1 fully saturated rings. The molecule has 1 aliphatic rings. The number of ether oxygens (including phenoxy) is 1. The number of aromatic nitrogens is 5. The highest BCUT2D eigenvalue weighted by Crippen LogP contribution is 2.36. The highest BCUT2D eigenvalue weighted by Gasteiger charge is 2.30. The van der Waals surface area contributed by atoms with Gasteiger partial charge in [-0.2, -0.15) is 5.10 Å². The summed E-state index contributed by atoms with van der Waals surface area (Å²) in [5.74, 6) is -0.505. The van der Waals surface area contributed by atoms with Crippen molar-refractivity contribution in [3.8, 4) is 17.1 Å². The van der Waals surface area contributed by atoms with E-state index in [0.717, 1.165) is 23.9 Å². The molecule has 0 bridgehead atoms. The van der Waals surface area contributed by atoms with Crippen molar-refractivity contribution in [3.05, 3.63) is 36.4 Å². The minimum absolute atomic E-state index is 0. The number of Topliss-reactive ketones (excluding diaryl/α,β-unsaturated/α-hetero) is 1. The van der Waals surface area contributed by atoms with Gasteiger partial charge in [-0.1, -0.05) is 14.3 Å². The average Bonchev–Trinajstić information content (AvgIpc) is 3.53. The Balaban J connectivity index is 0.00000400. The first-order valence-electron chi connectivity index (χ1n) is 12.4. The molecule has 3 heterocycles. The van der Waals surface area contributed by atoms with Crippen LogP contribution in [0.2, 0.25) is 0 Å². The Morgan fingerprint density at radius 3 is 2.84 bits per heavy atom. The van der Waals surface area contributed by atoms with Crippen LogP contribution < -0.4 is 15.4 Å². The average molecular weight is 444 g/mol. The second-order valence-electron chi connectivity index (χ2n) is 6.86. The number of aryl methyl sites for hydroxylation is 1.